The molecule has 0 unspecified atom stereocenters. The van der Waals surface area contributed by atoms with E-state index in [4.69, 9.17) is 5.73 Å². The van der Waals surface area contributed by atoms with Crippen molar-refractivity contribution in [1.82, 2.24) is 10.2 Å². The lowest BCUT2D eigenvalue weighted by atomic mass is 9.33. The van der Waals surface area contributed by atoms with E-state index in [1.165, 1.54) is 51.4 Å². The molecule has 0 aromatic carbocycles. The first-order chi connectivity index (χ1) is 17.7. The lowest BCUT2D eigenvalue weighted by Gasteiger charge is -2.71. The predicted octanol–water partition coefficient (Wildman–Crippen LogP) is 6.55. The zero-order valence-electron chi connectivity index (χ0n) is 25.7. The zero-order chi connectivity index (χ0) is 27.4. The summed E-state index contributed by atoms with van der Waals surface area (Å²) in [6.45, 7) is 21.5. The smallest absolute Gasteiger partial charge is 0.229 e. The third kappa shape index (κ3) is 3.50. The van der Waals surface area contributed by atoms with Crippen molar-refractivity contribution in [2.45, 2.75) is 119 Å². The van der Waals surface area contributed by atoms with Crippen LogP contribution < -0.4 is 11.1 Å². The number of nitrogens with one attached hydrogen (secondary N) is 1. The van der Waals surface area contributed by atoms with Crippen LogP contribution >= 0.6 is 0 Å². The van der Waals surface area contributed by atoms with E-state index in [-0.39, 0.29) is 16.2 Å². The third-order valence-corrected chi connectivity index (χ3v) is 14.6. The Morgan fingerprint density at radius 1 is 0.895 bits per heavy atom. The van der Waals surface area contributed by atoms with E-state index >= 15 is 0 Å². The highest BCUT2D eigenvalue weighted by Crippen LogP contribution is 2.75. The monoisotopic (exact) mass is 523 g/mol. The molecule has 5 fully saturated rings. The van der Waals surface area contributed by atoms with Crippen LogP contribution in [0.3, 0.4) is 0 Å². The Morgan fingerprint density at radius 3 is 2.29 bits per heavy atom. The number of fused-ring (bicyclic) bond motifs is 7. The van der Waals surface area contributed by atoms with Gasteiger partial charge >= 0.3 is 0 Å². The van der Waals surface area contributed by atoms with Crippen molar-refractivity contribution in [3.05, 3.63) is 11.6 Å². The SMILES string of the molecule is CC1(C)CC[C@]2(C(=O)N3CCNCC3)CC[C@]3(C)C(=CC[C@@H]4[C@@]5(C)CC[C@H](N)C(C)(C)[C@@H]5CC[C@]43C)[C@@H]2C1. The molecular weight excluding hydrogens is 466 g/mol. The van der Waals surface area contributed by atoms with Crippen LogP contribution in [-0.4, -0.2) is 43.0 Å². The van der Waals surface area contributed by atoms with Crippen molar-refractivity contribution in [2.24, 2.45) is 56.0 Å². The zero-order valence-corrected chi connectivity index (χ0v) is 25.7. The van der Waals surface area contributed by atoms with Crippen LogP contribution in [0.15, 0.2) is 11.6 Å². The molecule has 0 bridgehead atoms. The predicted molar refractivity (Wildman–Crippen MR) is 156 cm³/mol. The molecule has 38 heavy (non-hydrogen) atoms. The van der Waals surface area contributed by atoms with Crippen molar-refractivity contribution in [3.63, 3.8) is 0 Å². The van der Waals surface area contributed by atoms with Crippen LogP contribution in [-0.2, 0) is 4.79 Å². The molecule has 5 aliphatic carbocycles. The van der Waals surface area contributed by atoms with Gasteiger partial charge in [-0.25, -0.2) is 0 Å². The van der Waals surface area contributed by atoms with E-state index in [1.54, 1.807) is 5.57 Å². The summed E-state index contributed by atoms with van der Waals surface area (Å²) in [6.07, 6.45) is 14.7. The van der Waals surface area contributed by atoms with Gasteiger partial charge in [0.15, 0.2) is 0 Å². The van der Waals surface area contributed by atoms with Gasteiger partial charge in [-0.2, -0.15) is 0 Å². The molecule has 0 aromatic rings. The summed E-state index contributed by atoms with van der Waals surface area (Å²) in [7, 11) is 0. The number of amides is 1. The maximum Gasteiger partial charge on any atom is 0.229 e. The Labute approximate surface area is 233 Å². The van der Waals surface area contributed by atoms with Gasteiger partial charge in [0.1, 0.15) is 0 Å². The van der Waals surface area contributed by atoms with Crippen LogP contribution in [0.25, 0.3) is 0 Å². The Kier molecular flexibility index (Phi) is 6.16. The minimum atomic E-state index is -0.178. The van der Waals surface area contributed by atoms with Gasteiger partial charge < -0.3 is 16.0 Å². The maximum atomic E-state index is 14.5. The van der Waals surface area contributed by atoms with Gasteiger partial charge in [0.05, 0.1) is 5.41 Å². The second-order valence-electron chi connectivity index (χ2n) is 16.9. The topological polar surface area (TPSA) is 58.4 Å². The van der Waals surface area contributed by atoms with Gasteiger partial charge in [0.2, 0.25) is 5.91 Å². The molecule has 1 aliphatic heterocycles. The van der Waals surface area contributed by atoms with Crippen LogP contribution in [0.4, 0.5) is 0 Å². The number of carbonyl (C=O) groups excluding carboxylic acids is 1. The average molecular weight is 524 g/mol. The summed E-state index contributed by atoms with van der Waals surface area (Å²) in [4.78, 5) is 16.7. The fourth-order valence-corrected chi connectivity index (χ4v) is 11.8. The number of carbonyl (C=O) groups is 1. The number of piperazine rings is 1. The molecule has 4 saturated carbocycles. The van der Waals surface area contributed by atoms with E-state index in [1.807, 2.05) is 0 Å². The highest BCUT2D eigenvalue weighted by atomic mass is 16.2. The molecule has 214 valence electrons. The van der Waals surface area contributed by atoms with E-state index in [0.29, 0.717) is 45.9 Å². The molecule has 0 spiro atoms. The molecule has 1 amide bonds. The molecule has 3 N–H and O–H groups in total. The molecule has 0 radical (unpaired) electrons. The van der Waals surface area contributed by atoms with Gasteiger partial charge in [-0.3, -0.25) is 4.79 Å². The first kappa shape index (κ1) is 27.3. The van der Waals surface area contributed by atoms with Crippen LogP contribution in [0, 0.1) is 50.2 Å². The van der Waals surface area contributed by atoms with E-state index < -0.39 is 0 Å². The first-order valence-electron chi connectivity index (χ1n) is 16.2. The lowest BCUT2D eigenvalue weighted by Crippen LogP contribution is -2.66. The van der Waals surface area contributed by atoms with Gasteiger partial charge in [-0.05, 0) is 109 Å². The quantitative estimate of drug-likeness (QED) is 0.383. The fourth-order valence-electron chi connectivity index (χ4n) is 11.8. The normalized spacial score (nSPS) is 49.6. The molecule has 6 aliphatic rings. The number of nitrogens with zero attached hydrogens (tertiary/aromatic N) is 1. The Hall–Kier alpha value is -0.870. The number of rotatable bonds is 1. The molecule has 1 saturated heterocycles. The fraction of sp³-hybridized carbons (Fsp3) is 0.912. The number of hydrogen-bond acceptors (Lipinski definition) is 3. The molecule has 0 aromatic heterocycles. The van der Waals surface area contributed by atoms with E-state index in [9.17, 15) is 4.79 Å². The molecule has 4 heteroatoms. The van der Waals surface area contributed by atoms with Crippen LogP contribution in [0.2, 0.25) is 0 Å². The number of hydrogen-bond donors (Lipinski definition) is 2. The standard InChI is InChI=1S/C34H57N3O/c1-29(2)14-16-34(28(38)37-20-18-36-19-21-37)17-15-32(6)23(24(34)22-29)8-9-26-31(5)12-11-27(35)30(3,4)25(31)10-13-33(26,32)7/h8,24-27,36H,9-22,35H2,1-7H3/t24-,25-,26+,27-,31-,32+,33+,34-/m0/s1. The summed E-state index contributed by atoms with van der Waals surface area (Å²) < 4.78 is 0. The summed E-state index contributed by atoms with van der Waals surface area (Å²) in [6, 6.07) is 0.325. The minimum absolute atomic E-state index is 0.178. The summed E-state index contributed by atoms with van der Waals surface area (Å²) >= 11 is 0. The van der Waals surface area contributed by atoms with Gasteiger partial charge in [0.25, 0.3) is 0 Å². The van der Waals surface area contributed by atoms with Crippen molar-refractivity contribution in [1.29, 1.82) is 0 Å². The average Bonchev–Trinajstić information content (AvgIpc) is 2.87. The Morgan fingerprint density at radius 2 is 1.58 bits per heavy atom. The van der Waals surface area contributed by atoms with E-state index in [2.05, 4.69) is 64.8 Å². The third-order valence-electron chi connectivity index (χ3n) is 14.6. The van der Waals surface area contributed by atoms with Crippen molar-refractivity contribution >= 4 is 5.91 Å². The summed E-state index contributed by atoms with van der Waals surface area (Å²) in [5.74, 6) is 2.32. The maximum absolute atomic E-state index is 14.5. The number of nitrogens with two attached hydrogens (primary N) is 1. The van der Waals surface area contributed by atoms with E-state index in [0.717, 1.165) is 39.0 Å². The largest absolute Gasteiger partial charge is 0.340 e. The van der Waals surface area contributed by atoms with Crippen molar-refractivity contribution < 1.29 is 4.79 Å². The van der Waals surface area contributed by atoms with Crippen LogP contribution in [0.1, 0.15) is 113 Å². The molecule has 8 atom stereocenters. The second kappa shape index (κ2) is 8.57. The van der Waals surface area contributed by atoms with Crippen molar-refractivity contribution in [2.75, 3.05) is 26.2 Å². The van der Waals surface area contributed by atoms with Crippen molar-refractivity contribution in [3.8, 4) is 0 Å². The number of allylic oxidation sites excluding steroid dienone is 2. The van der Waals surface area contributed by atoms with Gasteiger partial charge in [-0.15, -0.1) is 0 Å². The van der Waals surface area contributed by atoms with Crippen LogP contribution in [0.5, 0.6) is 0 Å². The molecule has 4 nitrogen and oxygen atoms in total. The summed E-state index contributed by atoms with van der Waals surface area (Å²) in [5, 5.41) is 3.46. The highest BCUT2D eigenvalue weighted by Gasteiger charge is 2.69. The lowest BCUT2D eigenvalue weighted by molar-refractivity contribution is -0.188. The molecule has 6 rings (SSSR count). The van der Waals surface area contributed by atoms with Gasteiger partial charge in [-0.1, -0.05) is 60.1 Å². The van der Waals surface area contributed by atoms with Gasteiger partial charge in [0, 0.05) is 32.2 Å². The summed E-state index contributed by atoms with van der Waals surface area (Å²) in [5.41, 5.74) is 9.65. The highest BCUT2D eigenvalue weighted by molar-refractivity contribution is 5.84. The minimum Gasteiger partial charge on any atom is -0.340 e. The first-order valence-corrected chi connectivity index (χ1v) is 16.2. The molecular formula is C34H57N3O. The Bertz CT molecular complexity index is 1010. The Balaban J connectivity index is 1.41. The second-order valence-corrected chi connectivity index (χ2v) is 16.9. The molecule has 1 heterocycles.